The molecule has 0 fully saturated rings. The van der Waals surface area contributed by atoms with Gasteiger partial charge in [-0.25, -0.2) is 4.79 Å². The molecule has 0 bridgehead atoms. The van der Waals surface area contributed by atoms with Gasteiger partial charge in [-0.15, -0.1) is 0 Å². The standard InChI is InChI=1S/C13H17ClN2O3/c1-2-3-4-5-15-13(17)16-10-7-12-11(6-9(10)14)18-8-19-12/h6-7H,2-5,8H2,1H3,(H2,15,16,17). The molecule has 2 N–H and O–H groups in total. The highest BCUT2D eigenvalue weighted by Gasteiger charge is 2.17. The Morgan fingerprint density at radius 1 is 1.32 bits per heavy atom. The van der Waals surface area contributed by atoms with Crippen molar-refractivity contribution < 1.29 is 14.3 Å². The number of fused-ring (bicyclic) bond motifs is 1. The lowest BCUT2D eigenvalue weighted by Gasteiger charge is -2.09. The summed E-state index contributed by atoms with van der Waals surface area (Å²) < 4.78 is 10.4. The molecule has 0 unspecified atom stereocenters. The Labute approximate surface area is 117 Å². The van der Waals surface area contributed by atoms with Gasteiger partial charge in [0.25, 0.3) is 0 Å². The van der Waals surface area contributed by atoms with Gasteiger partial charge in [0, 0.05) is 18.7 Å². The number of amides is 2. The van der Waals surface area contributed by atoms with Gasteiger partial charge < -0.3 is 20.1 Å². The van der Waals surface area contributed by atoms with Crippen LogP contribution in [0.5, 0.6) is 11.5 Å². The van der Waals surface area contributed by atoms with Crippen LogP contribution in [0.25, 0.3) is 0 Å². The second-order valence-corrected chi connectivity index (χ2v) is 4.68. The fourth-order valence-corrected chi connectivity index (χ4v) is 1.96. The molecule has 0 aliphatic carbocycles. The first-order chi connectivity index (χ1) is 9.20. The minimum Gasteiger partial charge on any atom is -0.454 e. The van der Waals surface area contributed by atoms with E-state index in [0.29, 0.717) is 28.8 Å². The Kier molecular flexibility index (Phi) is 4.74. The third kappa shape index (κ3) is 3.67. The Balaban J connectivity index is 1.90. The lowest BCUT2D eigenvalue weighted by molar-refractivity contribution is 0.174. The number of hydrogen-bond acceptors (Lipinski definition) is 3. The first-order valence-corrected chi connectivity index (χ1v) is 6.72. The fourth-order valence-electron chi connectivity index (χ4n) is 1.76. The number of anilines is 1. The van der Waals surface area contributed by atoms with E-state index in [1.807, 2.05) is 0 Å². The average molecular weight is 285 g/mol. The maximum atomic E-state index is 11.7. The molecule has 6 heteroatoms. The van der Waals surface area contributed by atoms with E-state index in [-0.39, 0.29) is 12.8 Å². The Bertz CT molecular complexity index is 465. The monoisotopic (exact) mass is 284 g/mol. The molecule has 2 amide bonds. The number of carbonyl (C=O) groups excluding carboxylic acids is 1. The maximum Gasteiger partial charge on any atom is 0.319 e. The van der Waals surface area contributed by atoms with E-state index in [0.717, 1.165) is 19.3 Å². The zero-order valence-corrected chi connectivity index (χ0v) is 11.5. The molecule has 0 atom stereocenters. The number of rotatable bonds is 5. The van der Waals surface area contributed by atoms with Crippen LogP contribution in [0.15, 0.2) is 12.1 Å². The number of halogens is 1. The van der Waals surface area contributed by atoms with Crippen molar-refractivity contribution in [2.45, 2.75) is 26.2 Å². The number of carbonyl (C=O) groups is 1. The second kappa shape index (κ2) is 6.52. The van der Waals surface area contributed by atoms with E-state index in [2.05, 4.69) is 17.6 Å². The minimum atomic E-state index is -0.267. The molecule has 1 aromatic rings. The summed E-state index contributed by atoms with van der Waals surface area (Å²) in [6.07, 6.45) is 3.20. The SMILES string of the molecule is CCCCCNC(=O)Nc1cc2c(cc1Cl)OCO2. The Morgan fingerprint density at radius 3 is 2.79 bits per heavy atom. The molecular weight excluding hydrogens is 268 g/mol. The van der Waals surface area contributed by atoms with E-state index >= 15 is 0 Å². The Morgan fingerprint density at radius 2 is 2.05 bits per heavy atom. The lowest BCUT2D eigenvalue weighted by atomic mass is 10.2. The van der Waals surface area contributed by atoms with Crippen LogP contribution in [-0.2, 0) is 0 Å². The van der Waals surface area contributed by atoms with Crippen molar-refractivity contribution in [1.82, 2.24) is 5.32 Å². The fraction of sp³-hybridized carbons (Fsp3) is 0.462. The number of urea groups is 1. The number of hydrogen-bond donors (Lipinski definition) is 2. The molecule has 0 saturated carbocycles. The van der Waals surface area contributed by atoms with E-state index in [1.165, 1.54) is 0 Å². The normalized spacial score (nSPS) is 12.3. The number of nitrogens with one attached hydrogen (secondary N) is 2. The van der Waals surface area contributed by atoms with Gasteiger partial charge in [0.2, 0.25) is 6.79 Å². The highest BCUT2D eigenvalue weighted by atomic mass is 35.5. The smallest absolute Gasteiger partial charge is 0.319 e. The molecule has 1 aliphatic heterocycles. The molecule has 5 nitrogen and oxygen atoms in total. The van der Waals surface area contributed by atoms with Crippen molar-refractivity contribution in [2.24, 2.45) is 0 Å². The van der Waals surface area contributed by atoms with Crippen molar-refractivity contribution in [3.8, 4) is 11.5 Å². The van der Waals surface area contributed by atoms with Gasteiger partial charge in [-0.05, 0) is 6.42 Å². The highest BCUT2D eigenvalue weighted by Crippen LogP contribution is 2.39. The summed E-state index contributed by atoms with van der Waals surface area (Å²) in [5, 5.41) is 5.90. The topological polar surface area (TPSA) is 59.6 Å². The van der Waals surface area contributed by atoms with Crippen LogP contribution >= 0.6 is 11.6 Å². The molecule has 19 heavy (non-hydrogen) atoms. The molecule has 1 aromatic carbocycles. The van der Waals surface area contributed by atoms with Gasteiger partial charge in [-0.1, -0.05) is 31.4 Å². The van der Waals surface area contributed by atoms with E-state index in [4.69, 9.17) is 21.1 Å². The average Bonchev–Trinajstić information content (AvgIpc) is 2.82. The number of unbranched alkanes of at least 4 members (excludes halogenated alkanes) is 2. The number of ether oxygens (including phenoxy) is 2. The molecule has 2 rings (SSSR count). The zero-order chi connectivity index (χ0) is 13.7. The van der Waals surface area contributed by atoms with Gasteiger partial charge in [0.05, 0.1) is 10.7 Å². The molecule has 0 radical (unpaired) electrons. The van der Waals surface area contributed by atoms with Crippen LogP contribution in [0.2, 0.25) is 5.02 Å². The summed E-state index contributed by atoms with van der Waals surface area (Å²) in [5.41, 5.74) is 0.513. The lowest BCUT2D eigenvalue weighted by Crippen LogP contribution is -2.29. The quantitative estimate of drug-likeness (QED) is 0.815. The summed E-state index contributed by atoms with van der Waals surface area (Å²) in [4.78, 5) is 11.7. The van der Waals surface area contributed by atoms with Gasteiger partial charge in [0.15, 0.2) is 11.5 Å². The van der Waals surface area contributed by atoms with Gasteiger partial charge in [0.1, 0.15) is 0 Å². The summed E-state index contributed by atoms with van der Waals surface area (Å²) in [6, 6.07) is 3.03. The van der Waals surface area contributed by atoms with Crippen molar-refractivity contribution in [3.63, 3.8) is 0 Å². The highest BCUT2D eigenvalue weighted by molar-refractivity contribution is 6.34. The Hall–Kier alpha value is -1.62. The van der Waals surface area contributed by atoms with Crippen molar-refractivity contribution in [3.05, 3.63) is 17.2 Å². The first-order valence-electron chi connectivity index (χ1n) is 6.34. The van der Waals surface area contributed by atoms with Gasteiger partial charge in [-0.3, -0.25) is 0 Å². The molecule has 104 valence electrons. The minimum absolute atomic E-state index is 0.179. The first kappa shape index (κ1) is 13.8. The second-order valence-electron chi connectivity index (χ2n) is 4.27. The van der Waals surface area contributed by atoms with E-state index in [9.17, 15) is 4.79 Å². The summed E-state index contributed by atoms with van der Waals surface area (Å²) in [6.45, 7) is 2.95. The van der Waals surface area contributed by atoms with E-state index in [1.54, 1.807) is 12.1 Å². The van der Waals surface area contributed by atoms with E-state index < -0.39 is 0 Å². The molecule has 1 aliphatic rings. The summed E-state index contributed by atoms with van der Waals surface area (Å²) >= 11 is 6.06. The van der Waals surface area contributed by atoms with Crippen LogP contribution in [0, 0.1) is 0 Å². The van der Waals surface area contributed by atoms with Crippen molar-refractivity contribution in [2.75, 3.05) is 18.7 Å². The molecule has 0 aromatic heterocycles. The summed E-state index contributed by atoms with van der Waals surface area (Å²) in [5.74, 6) is 1.18. The molecule has 0 spiro atoms. The van der Waals surface area contributed by atoms with Crippen LogP contribution in [0.1, 0.15) is 26.2 Å². The van der Waals surface area contributed by atoms with Crippen LogP contribution in [-0.4, -0.2) is 19.4 Å². The summed E-state index contributed by atoms with van der Waals surface area (Å²) in [7, 11) is 0. The maximum absolute atomic E-state index is 11.7. The third-order valence-corrected chi connectivity index (χ3v) is 3.09. The third-order valence-electron chi connectivity index (χ3n) is 2.78. The van der Waals surface area contributed by atoms with Crippen LogP contribution in [0.4, 0.5) is 10.5 Å². The molecular formula is C13H17ClN2O3. The molecule has 0 saturated heterocycles. The predicted molar refractivity (Wildman–Crippen MR) is 74.1 cm³/mol. The van der Waals surface area contributed by atoms with Crippen molar-refractivity contribution >= 4 is 23.3 Å². The molecule has 1 heterocycles. The number of benzene rings is 1. The van der Waals surface area contributed by atoms with Crippen LogP contribution < -0.4 is 20.1 Å². The zero-order valence-electron chi connectivity index (χ0n) is 10.8. The van der Waals surface area contributed by atoms with Crippen LogP contribution in [0.3, 0.4) is 0 Å². The van der Waals surface area contributed by atoms with Gasteiger partial charge in [-0.2, -0.15) is 0 Å². The largest absolute Gasteiger partial charge is 0.454 e. The van der Waals surface area contributed by atoms with Gasteiger partial charge >= 0.3 is 6.03 Å². The predicted octanol–water partition coefficient (Wildman–Crippen LogP) is 3.38. The van der Waals surface area contributed by atoms with Crippen molar-refractivity contribution in [1.29, 1.82) is 0 Å².